The van der Waals surface area contributed by atoms with E-state index in [0.717, 1.165) is 28.2 Å². The third kappa shape index (κ3) is 2.97. The SMILES string of the molecule is COc1cc(C2Nc3ccccc3N(c3ccc(C)cc3)C2=O)ccc1O. The Hall–Kier alpha value is -3.47. The van der Waals surface area contributed by atoms with Gasteiger partial charge >= 0.3 is 0 Å². The maximum Gasteiger partial charge on any atom is 0.258 e. The highest BCUT2D eigenvalue weighted by atomic mass is 16.5. The van der Waals surface area contributed by atoms with Gasteiger partial charge in [0.2, 0.25) is 0 Å². The molecule has 1 atom stereocenters. The molecule has 3 aromatic rings. The number of nitrogens with zero attached hydrogens (tertiary/aromatic N) is 1. The number of hydrogen-bond acceptors (Lipinski definition) is 4. The van der Waals surface area contributed by atoms with Gasteiger partial charge < -0.3 is 15.2 Å². The molecule has 4 rings (SSSR count). The number of phenolic OH excluding ortho intramolecular Hbond substituents is 1. The first-order valence-corrected chi connectivity index (χ1v) is 8.71. The fraction of sp³-hybridized carbons (Fsp3) is 0.136. The summed E-state index contributed by atoms with van der Waals surface area (Å²) in [6.07, 6.45) is 0. The lowest BCUT2D eigenvalue weighted by Gasteiger charge is -2.35. The van der Waals surface area contributed by atoms with E-state index in [9.17, 15) is 9.90 Å². The standard InChI is InChI=1S/C22H20N2O3/c1-14-7-10-16(11-8-14)24-18-6-4-3-5-17(18)23-21(22(24)26)15-9-12-19(25)20(13-15)27-2/h3-13,21,23,25H,1-2H3. The molecule has 27 heavy (non-hydrogen) atoms. The fourth-order valence-electron chi connectivity index (χ4n) is 3.32. The van der Waals surface area contributed by atoms with Gasteiger partial charge in [-0.3, -0.25) is 9.69 Å². The van der Waals surface area contributed by atoms with Crippen molar-refractivity contribution in [2.24, 2.45) is 0 Å². The average Bonchev–Trinajstić information content (AvgIpc) is 2.69. The lowest BCUT2D eigenvalue weighted by molar-refractivity contribution is -0.118. The number of carbonyl (C=O) groups excluding carboxylic acids is 1. The number of aryl methyl sites for hydroxylation is 1. The van der Waals surface area contributed by atoms with Gasteiger partial charge in [-0.15, -0.1) is 0 Å². The second-order valence-corrected chi connectivity index (χ2v) is 6.53. The predicted molar refractivity (Wildman–Crippen MR) is 106 cm³/mol. The summed E-state index contributed by atoms with van der Waals surface area (Å²) in [7, 11) is 1.49. The van der Waals surface area contributed by atoms with Crippen LogP contribution in [0, 0.1) is 6.92 Å². The summed E-state index contributed by atoms with van der Waals surface area (Å²) in [5.74, 6) is 0.286. The monoisotopic (exact) mass is 360 g/mol. The van der Waals surface area contributed by atoms with Crippen LogP contribution >= 0.6 is 0 Å². The van der Waals surface area contributed by atoms with E-state index in [4.69, 9.17) is 4.74 Å². The van der Waals surface area contributed by atoms with E-state index < -0.39 is 6.04 Å². The van der Waals surface area contributed by atoms with Crippen molar-refractivity contribution in [3.05, 3.63) is 77.9 Å². The number of amides is 1. The molecule has 0 saturated carbocycles. The Labute approximate surface area is 157 Å². The minimum atomic E-state index is -0.587. The Kier molecular flexibility index (Phi) is 4.20. The molecule has 5 heteroatoms. The van der Waals surface area contributed by atoms with Crippen molar-refractivity contribution < 1.29 is 14.6 Å². The van der Waals surface area contributed by atoms with Gasteiger partial charge in [-0.2, -0.15) is 0 Å². The molecule has 3 aromatic carbocycles. The van der Waals surface area contributed by atoms with Crippen LogP contribution in [0.5, 0.6) is 11.5 Å². The van der Waals surface area contributed by atoms with Crippen LogP contribution in [0.4, 0.5) is 17.1 Å². The van der Waals surface area contributed by atoms with Crippen LogP contribution in [-0.2, 0) is 4.79 Å². The van der Waals surface area contributed by atoms with Crippen LogP contribution in [-0.4, -0.2) is 18.1 Å². The number of benzene rings is 3. The molecular weight excluding hydrogens is 340 g/mol. The maximum atomic E-state index is 13.4. The smallest absolute Gasteiger partial charge is 0.258 e. The molecule has 1 amide bonds. The van der Waals surface area contributed by atoms with Gasteiger partial charge in [0.15, 0.2) is 11.5 Å². The normalized spacial score (nSPS) is 15.9. The summed E-state index contributed by atoms with van der Waals surface area (Å²) in [5, 5.41) is 13.2. The van der Waals surface area contributed by atoms with Crippen LogP contribution in [0.2, 0.25) is 0 Å². The van der Waals surface area contributed by atoms with Crippen molar-refractivity contribution >= 4 is 23.0 Å². The number of para-hydroxylation sites is 2. The summed E-state index contributed by atoms with van der Waals surface area (Å²) >= 11 is 0. The first-order valence-electron chi connectivity index (χ1n) is 8.71. The Morgan fingerprint density at radius 1 is 1.04 bits per heavy atom. The first kappa shape index (κ1) is 17.0. The molecule has 1 heterocycles. The molecule has 0 radical (unpaired) electrons. The maximum absolute atomic E-state index is 13.4. The van der Waals surface area contributed by atoms with Crippen LogP contribution in [0.3, 0.4) is 0 Å². The fourth-order valence-corrected chi connectivity index (χ4v) is 3.32. The Balaban J connectivity index is 1.82. The Bertz CT molecular complexity index is 999. The third-order valence-corrected chi connectivity index (χ3v) is 4.74. The van der Waals surface area contributed by atoms with Crippen molar-refractivity contribution in [2.75, 3.05) is 17.3 Å². The van der Waals surface area contributed by atoms with Gasteiger partial charge in [-0.1, -0.05) is 35.9 Å². The van der Waals surface area contributed by atoms with Gasteiger partial charge in [0.25, 0.3) is 5.91 Å². The highest BCUT2D eigenvalue weighted by molar-refractivity contribution is 6.10. The molecule has 0 aromatic heterocycles. The summed E-state index contributed by atoms with van der Waals surface area (Å²) in [6.45, 7) is 2.02. The average molecular weight is 360 g/mol. The van der Waals surface area contributed by atoms with Crippen molar-refractivity contribution in [2.45, 2.75) is 13.0 Å². The second kappa shape index (κ2) is 6.68. The number of fused-ring (bicyclic) bond motifs is 1. The third-order valence-electron chi connectivity index (χ3n) is 4.74. The molecule has 0 saturated heterocycles. The summed E-state index contributed by atoms with van der Waals surface area (Å²) in [4.78, 5) is 15.2. The van der Waals surface area contributed by atoms with Crippen molar-refractivity contribution in [1.29, 1.82) is 0 Å². The molecule has 136 valence electrons. The van der Waals surface area contributed by atoms with Gasteiger partial charge in [0.05, 0.1) is 18.5 Å². The molecule has 2 N–H and O–H groups in total. The zero-order valence-corrected chi connectivity index (χ0v) is 15.1. The minimum absolute atomic E-state index is 0.0419. The predicted octanol–water partition coefficient (Wildman–Crippen LogP) is 4.54. The van der Waals surface area contributed by atoms with E-state index in [1.165, 1.54) is 7.11 Å². The number of nitrogens with one attached hydrogen (secondary N) is 1. The van der Waals surface area contributed by atoms with E-state index in [1.807, 2.05) is 55.5 Å². The molecule has 0 fully saturated rings. The number of anilines is 3. The number of aromatic hydroxyl groups is 1. The van der Waals surface area contributed by atoms with Crippen LogP contribution in [0.25, 0.3) is 0 Å². The first-order chi connectivity index (χ1) is 13.1. The molecule has 0 spiro atoms. The lowest BCUT2D eigenvalue weighted by atomic mass is 10.00. The quantitative estimate of drug-likeness (QED) is 0.720. The molecule has 1 aliphatic rings. The summed E-state index contributed by atoms with van der Waals surface area (Å²) in [5.41, 5.74) is 4.36. The largest absolute Gasteiger partial charge is 0.504 e. The highest BCUT2D eigenvalue weighted by Gasteiger charge is 2.34. The Morgan fingerprint density at radius 2 is 1.78 bits per heavy atom. The summed E-state index contributed by atoms with van der Waals surface area (Å²) < 4.78 is 5.20. The van der Waals surface area contributed by atoms with Gasteiger partial charge in [0, 0.05) is 5.69 Å². The number of ether oxygens (including phenoxy) is 1. The van der Waals surface area contributed by atoms with E-state index in [1.54, 1.807) is 23.1 Å². The van der Waals surface area contributed by atoms with Crippen LogP contribution in [0.15, 0.2) is 66.7 Å². The number of hydrogen-bond donors (Lipinski definition) is 2. The van der Waals surface area contributed by atoms with Crippen LogP contribution < -0.4 is 15.0 Å². The van der Waals surface area contributed by atoms with E-state index >= 15 is 0 Å². The molecule has 1 unspecified atom stereocenters. The van der Waals surface area contributed by atoms with Crippen molar-refractivity contribution in [3.63, 3.8) is 0 Å². The zero-order valence-electron chi connectivity index (χ0n) is 15.1. The molecule has 0 bridgehead atoms. The number of rotatable bonds is 3. The van der Waals surface area contributed by atoms with E-state index in [2.05, 4.69) is 5.32 Å². The van der Waals surface area contributed by atoms with Gasteiger partial charge in [-0.05, 0) is 48.9 Å². The lowest BCUT2D eigenvalue weighted by Crippen LogP contribution is -2.39. The van der Waals surface area contributed by atoms with E-state index in [-0.39, 0.29) is 11.7 Å². The van der Waals surface area contributed by atoms with Crippen molar-refractivity contribution in [3.8, 4) is 11.5 Å². The zero-order chi connectivity index (χ0) is 19.0. The minimum Gasteiger partial charge on any atom is -0.504 e. The van der Waals surface area contributed by atoms with Gasteiger partial charge in [0.1, 0.15) is 6.04 Å². The van der Waals surface area contributed by atoms with Crippen molar-refractivity contribution in [1.82, 2.24) is 0 Å². The molecular formula is C22H20N2O3. The number of phenols is 1. The number of carbonyl (C=O) groups is 1. The Morgan fingerprint density at radius 3 is 2.52 bits per heavy atom. The van der Waals surface area contributed by atoms with Crippen LogP contribution in [0.1, 0.15) is 17.2 Å². The molecule has 0 aliphatic carbocycles. The second-order valence-electron chi connectivity index (χ2n) is 6.53. The van der Waals surface area contributed by atoms with Gasteiger partial charge in [-0.25, -0.2) is 0 Å². The molecule has 5 nitrogen and oxygen atoms in total. The highest BCUT2D eigenvalue weighted by Crippen LogP contribution is 2.41. The topological polar surface area (TPSA) is 61.8 Å². The number of methoxy groups -OCH3 is 1. The van der Waals surface area contributed by atoms with E-state index in [0.29, 0.717) is 5.75 Å². The molecule has 1 aliphatic heterocycles. The summed E-state index contributed by atoms with van der Waals surface area (Å²) in [6, 6.07) is 20.0.